The SMILES string of the molecule is CCOC(=O)c1c(NC(=O)COc2ccccc2Br)sc2c1CCCC2. The number of thiophene rings is 1. The van der Waals surface area contributed by atoms with E-state index in [1.165, 1.54) is 16.2 Å². The first-order valence-corrected chi connectivity index (χ1v) is 10.2. The molecule has 1 aliphatic carbocycles. The lowest BCUT2D eigenvalue weighted by Crippen LogP contribution is -2.21. The first-order valence-electron chi connectivity index (χ1n) is 8.59. The zero-order valence-corrected chi connectivity index (χ0v) is 16.9. The third-order valence-corrected chi connectivity index (χ3v) is 5.96. The molecule has 0 saturated heterocycles. The van der Waals surface area contributed by atoms with Crippen molar-refractivity contribution in [1.82, 2.24) is 0 Å². The number of halogens is 1. The van der Waals surface area contributed by atoms with Crippen molar-refractivity contribution in [3.8, 4) is 5.75 Å². The first-order chi connectivity index (χ1) is 12.6. The number of anilines is 1. The molecule has 5 nitrogen and oxygen atoms in total. The number of esters is 1. The van der Waals surface area contributed by atoms with Crippen molar-refractivity contribution in [2.45, 2.75) is 32.6 Å². The summed E-state index contributed by atoms with van der Waals surface area (Å²) in [7, 11) is 0. The Morgan fingerprint density at radius 3 is 2.77 bits per heavy atom. The molecule has 3 rings (SSSR count). The van der Waals surface area contributed by atoms with Crippen molar-refractivity contribution in [2.24, 2.45) is 0 Å². The van der Waals surface area contributed by atoms with Gasteiger partial charge in [0.1, 0.15) is 10.8 Å². The minimum Gasteiger partial charge on any atom is -0.483 e. The van der Waals surface area contributed by atoms with Crippen LogP contribution in [-0.2, 0) is 22.4 Å². The fourth-order valence-corrected chi connectivity index (χ4v) is 4.63. The molecular weight excluding hydrogens is 418 g/mol. The van der Waals surface area contributed by atoms with Gasteiger partial charge in [0.05, 0.1) is 16.6 Å². The minimum absolute atomic E-state index is 0.132. The number of para-hydroxylation sites is 1. The Balaban J connectivity index is 1.74. The van der Waals surface area contributed by atoms with Crippen molar-refractivity contribution < 1.29 is 19.1 Å². The highest BCUT2D eigenvalue weighted by Crippen LogP contribution is 2.38. The normalized spacial score (nSPS) is 13.0. The van der Waals surface area contributed by atoms with Gasteiger partial charge in [-0.05, 0) is 66.2 Å². The van der Waals surface area contributed by atoms with Gasteiger partial charge in [-0.15, -0.1) is 11.3 Å². The van der Waals surface area contributed by atoms with Gasteiger partial charge in [0.25, 0.3) is 5.91 Å². The number of hydrogen-bond acceptors (Lipinski definition) is 5. The van der Waals surface area contributed by atoms with Crippen LogP contribution in [0.4, 0.5) is 5.00 Å². The van der Waals surface area contributed by atoms with Gasteiger partial charge in [-0.3, -0.25) is 4.79 Å². The zero-order valence-electron chi connectivity index (χ0n) is 14.5. The summed E-state index contributed by atoms with van der Waals surface area (Å²) < 4.78 is 11.5. The largest absolute Gasteiger partial charge is 0.483 e. The van der Waals surface area contributed by atoms with Crippen LogP contribution in [0.1, 0.15) is 40.6 Å². The molecule has 0 aliphatic heterocycles. The number of carbonyl (C=O) groups excluding carboxylic acids is 2. The van der Waals surface area contributed by atoms with E-state index in [1.807, 2.05) is 18.2 Å². The van der Waals surface area contributed by atoms with Crippen LogP contribution in [-0.4, -0.2) is 25.1 Å². The van der Waals surface area contributed by atoms with Gasteiger partial charge in [0.15, 0.2) is 6.61 Å². The van der Waals surface area contributed by atoms with Gasteiger partial charge in [0.2, 0.25) is 0 Å². The summed E-state index contributed by atoms with van der Waals surface area (Å²) in [5.41, 5.74) is 1.54. The monoisotopic (exact) mass is 437 g/mol. The molecule has 1 heterocycles. The van der Waals surface area contributed by atoms with Crippen LogP contribution >= 0.6 is 27.3 Å². The molecule has 0 unspecified atom stereocenters. The minimum atomic E-state index is -0.367. The summed E-state index contributed by atoms with van der Waals surface area (Å²) in [5.74, 6) is -0.0717. The molecule has 1 aromatic heterocycles. The molecule has 0 atom stereocenters. The summed E-state index contributed by atoms with van der Waals surface area (Å²) in [4.78, 5) is 25.9. The zero-order chi connectivity index (χ0) is 18.5. The molecule has 0 fully saturated rings. The Hall–Kier alpha value is -1.86. The maximum atomic E-state index is 12.4. The Morgan fingerprint density at radius 2 is 2.00 bits per heavy atom. The Bertz CT molecular complexity index is 818. The molecule has 1 aliphatic rings. The van der Waals surface area contributed by atoms with E-state index in [2.05, 4.69) is 21.2 Å². The maximum Gasteiger partial charge on any atom is 0.341 e. The lowest BCUT2D eigenvalue weighted by Gasteiger charge is -2.12. The number of ether oxygens (including phenoxy) is 2. The predicted molar refractivity (Wildman–Crippen MR) is 105 cm³/mol. The van der Waals surface area contributed by atoms with E-state index < -0.39 is 0 Å². The number of aryl methyl sites for hydroxylation is 1. The topological polar surface area (TPSA) is 64.6 Å². The van der Waals surface area contributed by atoms with Crippen LogP contribution in [0.3, 0.4) is 0 Å². The van der Waals surface area contributed by atoms with Crippen molar-refractivity contribution in [2.75, 3.05) is 18.5 Å². The quantitative estimate of drug-likeness (QED) is 0.671. The van der Waals surface area contributed by atoms with Gasteiger partial charge >= 0.3 is 5.97 Å². The molecule has 7 heteroatoms. The Kier molecular flexibility index (Phi) is 6.32. The van der Waals surface area contributed by atoms with E-state index in [-0.39, 0.29) is 18.5 Å². The molecule has 1 amide bonds. The van der Waals surface area contributed by atoms with E-state index in [0.29, 0.717) is 22.9 Å². The highest BCUT2D eigenvalue weighted by molar-refractivity contribution is 9.10. The molecule has 1 aromatic carbocycles. The molecule has 2 aromatic rings. The first kappa shape index (κ1) is 18.9. The van der Waals surface area contributed by atoms with Crippen molar-refractivity contribution >= 4 is 44.1 Å². The molecule has 1 N–H and O–H groups in total. The molecule has 138 valence electrons. The lowest BCUT2D eigenvalue weighted by atomic mass is 9.95. The maximum absolute atomic E-state index is 12.4. The predicted octanol–water partition coefficient (Wildman–Crippen LogP) is 4.58. The summed E-state index contributed by atoms with van der Waals surface area (Å²) in [6.45, 7) is 1.95. The summed E-state index contributed by atoms with van der Waals surface area (Å²) in [5, 5.41) is 3.40. The molecule has 0 radical (unpaired) electrons. The highest BCUT2D eigenvalue weighted by atomic mass is 79.9. The van der Waals surface area contributed by atoms with Gasteiger partial charge in [-0.1, -0.05) is 12.1 Å². The van der Waals surface area contributed by atoms with Crippen molar-refractivity contribution in [1.29, 1.82) is 0 Å². The van der Waals surface area contributed by atoms with Crippen LogP contribution in [0.25, 0.3) is 0 Å². The number of amides is 1. The van der Waals surface area contributed by atoms with E-state index in [9.17, 15) is 9.59 Å². The van der Waals surface area contributed by atoms with Crippen LogP contribution in [0.15, 0.2) is 28.7 Å². The Morgan fingerprint density at radius 1 is 1.23 bits per heavy atom. The van der Waals surface area contributed by atoms with E-state index in [0.717, 1.165) is 35.7 Å². The van der Waals surface area contributed by atoms with Crippen LogP contribution < -0.4 is 10.1 Å². The van der Waals surface area contributed by atoms with Crippen molar-refractivity contribution in [3.05, 3.63) is 44.7 Å². The van der Waals surface area contributed by atoms with Gasteiger partial charge in [-0.25, -0.2) is 4.79 Å². The third-order valence-electron chi connectivity index (χ3n) is 4.10. The Labute approximate surface area is 164 Å². The van der Waals surface area contributed by atoms with Gasteiger partial charge < -0.3 is 14.8 Å². The fraction of sp³-hybridized carbons (Fsp3) is 0.368. The van der Waals surface area contributed by atoms with Crippen LogP contribution in [0.2, 0.25) is 0 Å². The van der Waals surface area contributed by atoms with Crippen LogP contribution in [0.5, 0.6) is 5.75 Å². The summed E-state index contributed by atoms with van der Waals surface area (Å²) >= 11 is 4.86. The number of hydrogen-bond donors (Lipinski definition) is 1. The van der Waals surface area contributed by atoms with Gasteiger partial charge in [-0.2, -0.15) is 0 Å². The van der Waals surface area contributed by atoms with Crippen molar-refractivity contribution in [3.63, 3.8) is 0 Å². The van der Waals surface area contributed by atoms with Crippen LogP contribution in [0, 0.1) is 0 Å². The lowest BCUT2D eigenvalue weighted by molar-refractivity contribution is -0.118. The molecule has 26 heavy (non-hydrogen) atoms. The number of carbonyl (C=O) groups is 2. The molecule has 0 spiro atoms. The smallest absolute Gasteiger partial charge is 0.341 e. The number of fused-ring (bicyclic) bond motifs is 1. The van der Waals surface area contributed by atoms with E-state index in [1.54, 1.807) is 13.0 Å². The van der Waals surface area contributed by atoms with E-state index in [4.69, 9.17) is 9.47 Å². The number of rotatable bonds is 6. The molecular formula is C19H20BrNO4S. The second-order valence-electron chi connectivity index (χ2n) is 5.90. The molecule has 0 bridgehead atoms. The van der Waals surface area contributed by atoms with E-state index >= 15 is 0 Å². The fourth-order valence-electron chi connectivity index (χ4n) is 2.94. The molecule has 0 saturated carbocycles. The standard InChI is InChI=1S/C19H20BrNO4S/c1-2-24-19(23)17-12-7-3-6-10-15(12)26-18(17)21-16(22)11-25-14-9-5-4-8-13(14)20/h4-5,8-9H,2-3,6-7,10-11H2,1H3,(H,21,22). The average molecular weight is 438 g/mol. The summed E-state index contributed by atoms with van der Waals surface area (Å²) in [6.07, 6.45) is 3.95. The second kappa shape index (κ2) is 8.68. The number of nitrogens with one attached hydrogen (secondary N) is 1. The number of benzene rings is 1. The summed E-state index contributed by atoms with van der Waals surface area (Å²) in [6, 6.07) is 7.34. The average Bonchev–Trinajstić information content (AvgIpc) is 2.99. The van der Waals surface area contributed by atoms with Gasteiger partial charge in [0, 0.05) is 4.88 Å². The third kappa shape index (κ3) is 4.27. The second-order valence-corrected chi connectivity index (χ2v) is 7.86. The highest BCUT2D eigenvalue weighted by Gasteiger charge is 2.27.